The molecule has 2 aliphatic rings. The van der Waals surface area contributed by atoms with Crippen LogP contribution in [0.5, 0.6) is 0 Å². The van der Waals surface area contributed by atoms with Crippen molar-refractivity contribution in [1.82, 2.24) is 0 Å². The third-order valence-corrected chi connectivity index (χ3v) is 2.51. The number of hydrogen-bond acceptors (Lipinski definition) is 4. The molecule has 0 bridgehead atoms. The van der Waals surface area contributed by atoms with Crippen molar-refractivity contribution in [3.63, 3.8) is 0 Å². The molecule has 0 amide bonds. The Morgan fingerprint density at radius 3 is 2.57 bits per heavy atom. The summed E-state index contributed by atoms with van der Waals surface area (Å²) >= 11 is 0. The normalized spacial score (nSPS) is 28.0. The average molecular weight is 206 g/mol. The minimum atomic E-state index is -0.663. The van der Waals surface area contributed by atoms with Gasteiger partial charge in [0.2, 0.25) is 0 Å². The molecule has 2 fully saturated rings. The van der Waals surface area contributed by atoms with E-state index in [4.69, 9.17) is 9.47 Å². The van der Waals surface area contributed by atoms with E-state index in [-0.39, 0.29) is 35.3 Å². The molecule has 5 heteroatoms. The molecule has 0 atom stereocenters. The molecule has 1 saturated heterocycles. The van der Waals surface area contributed by atoms with E-state index < -0.39 is 5.79 Å². The molecule has 0 aromatic carbocycles. The fraction of sp³-hybridized carbons (Fsp3) is 0.667. The van der Waals surface area contributed by atoms with Crippen LogP contribution in [0.3, 0.4) is 0 Å². The first-order valence-electron chi connectivity index (χ1n) is 4.38. The number of carbonyl (C=O) groups excluding carboxylic acids is 1. The Hall–Kier alpha value is 0.130. The van der Waals surface area contributed by atoms with Gasteiger partial charge in [-0.05, 0) is 5.57 Å². The Balaban J connectivity index is 0.000000980. The van der Waals surface area contributed by atoms with Crippen LogP contribution in [0.4, 0.5) is 0 Å². The number of carbonyl (C=O) groups is 1. The Kier molecular flexibility index (Phi) is 4.15. The van der Waals surface area contributed by atoms with Gasteiger partial charge in [0, 0.05) is 19.3 Å². The second-order valence-electron chi connectivity index (χ2n) is 3.35. The molecule has 1 spiro atoms. The second-order valence-corrected chi connectivity index (χ2v) is 3.35. The Bertz CT molecular complexity index is 256. The van der Waals surface area contributed by atoms with Crippen molar-refractivity contribution in [2.24, 2.45) is 0 Å². The molecule has 0 unspecified atom stereocenters. The van der Waals surface area contributed by atoms with Gasteiger partial charge in [-0.2, -0.15) is 0 Å². The van der Waals surface area contributed by atoms with Gasteiger partial charge in [-0.15, -0.1) is 6.26 Å². The van der Waals surface area contributed by atoms with Gasteiger partial charge in [0.1, 0.15) is 0 Å². The van der Waals surface area contributed by atoms with Crippen molar-refractivity contribution < 1.29 is 48.9 Å². The van der Waals surface area contributed by atoms with Crippen LogP contribution in [0.25, 0.3) is 0 Å². The minimum absolute atomic E-state index is 0. The summed E-state index contributed by atoms with van der Waals surface area (Å²) in [7, 11) is 0. The van der Waals surface area contributed by atoms with Crippen molar-refractivity contribution in [3.8, 4) is 0 Å². The van der Waals surface area contributed by atoms with E-state index in [0.717, 1.165) is 0 Å². The average Bonchev–Trinajstić information content (AvgIpc) is 2.59. The summed E-state index contributed by atoms with van der Waals surface area (Å²) < 4.78 is 10.8. The smallest absolute Gasteiger partial charge is 0.878 e. The monoisotopic (exact) mass is 206 g/mol. The fourth-order valence-electron chi connectivity index (χ4n) is 1.79. The summed E-state index contributed by atoms with van der Waals surface area (Å²) in [6.45, 7) is 1.11. The van der Waals surface area contributed by atoms with Crippen LogP contribution in [0, 0.1) is 0 Å². The van der Waals surface area contributed by atoms with Gasteiger partial charge in [-0.1, -0.05) is 0 Å². The summed E-state index contributed by atoms with van der Waals surface area (Å²) in [5, 5.41) is 10.5. The molecule has 1 aliphatic carbocycles. The zero-order valence-electron chi connectivity index (χ0n) is 8.25. The van der Waals surface area contributed by atoms with Gasteiger partial charge >= 0.3 is 29.6 Å². The van der Waals surface area contributed by atoms with Crippen LogP contribution in [-0.2, 0) is 14.3 Å². The Labute approximate surface area is 105 Å². The quantitative estimate of drug-likeness (QED) is 0.237. The predicted octanol–water partition coefficient (Wildman–Crippen LogP) is -3.27. The van der Waals surface area contributed by atoms with Gasteiger partial charge in [0.05, 0.1) is 13.2 Å². The summed E-state index contributed by atoms with van der Waals surface area (Å²) in [5.41, 5.74) is 0.299. The molecular weight excluding hydrogens is 195 g/mol. The Morgan fingerprint density at radius 1 is 1.36 bits per heavy atom. The number of ketones is 1. The summed E-state index contributed by atoms with van der Waals surface area (Å²) in [5.74, 6) is -0.732. The van der Waals surface area contributed by atoms with Crippen LogP contribution in [0.2, 0.25) is 0 Å². The first-order chi connectivity index (χ1) is 6.26. The molecule has 1 heterocycles. The summed E-state index contributed by atoms with van der Waals surface area (Å²) in [6.07, 6.45) is 1.86. The van der Waals surface area contributed by atoms with Gasteiger partial charge in [0.25, 0.3) is 0 Å². The zero-order valence-corrected chi connectivity index (χ0v) is 10.2. The van der Waals surface area contributed by atoms with E-state index in [1.807, 2.05) is 0 Å². The standard InChI is InChI=1S/C9H12O4.Na/c10-6-7-5-9(2-1-8(7)11)12-3-4-13-9;/h6,10H,1-5H2;/q;+1/p-1/b7-6-;. The van der Waals surface area contributed by atoms with Crippen LogP contribution in [0.1, 0.15) is 19.3 Å². The molecule has 0 radical (unpaired) electrons. The molecule has 1 saturated carbocycles. The predicted molar refractivity (Wildman–Crippen MR) is 41.6 cm³/mol. The number of hydrogen-bond donors (Lipinski definition) is 0. The molecule has 72 valence electrons. The molecule has 1 aliphatic heterocycles. The molecule has 4 nitrogen and oxygen atoms in total. The third kappa shape index (κ3) is 2.20. The first-order valence-corrected chi connectivity index (χ1v) is 4.38. The Morgan fingerprint density at radius 2 is 2.00 bits per heavy atom. The molecule has 0 N–H and O–H groups in total. The van der Waals surface area contributed by atoms with E-state index in [1.165, 1.54) is 0 Å². The molecule has 2 rings (SSSR count). The van der Waals surface area contributed by atoms with Crippen LogP contribution < -0.4 is 34.7 Å². The summed E-state index contributed by atoms with van der Waals surface area (Å²) in [4.78, 5) is 11.2. The van der Waals surface area contributed by atoms with Crippen molar-refractivity contribution >= 4 is 5.78 Å². The molecular formula is C9H11NaO4. The second kappa shape index (κ2) is 4.77. The number of ether oxygens (including phenoxy) is 2. The van der Waals surface area contributed by atoms with E-state index in [1.54, 1.807) is 0 Å². The molecule has 0 aromatic heterocycles. The molecule has 0 aromatic rings. The van der Waals surface area contributed by atoms with Gasteiger partial charge in [0.15, 0.2) is 11.6 Å². The zero-order chi connectivity index (χ0) is 9.31. The fourth-order valence-corrected chi connectivity index (χ4v) is 1.79. The van der Waals surface area contributed by atoms with Gasteiger partial charge in [-0.25, -0.2) is 0 Å². The maximum atomic E-state index is 11.2. The largest absolute Gasteiger partial charge is 1.00 e. The van der Waals surface area contributed by atoms with Gasteiger partial charge in [-0.3, -0.25) is 4.79 Å². The van der Waals surface area contributed by atoms with Crippen molar-refractivity contribution in [2.75, 3.05) is 13.2 Å². The number of rotatable bonds is 0. The van der Waals surface area contributed by atoms with Crippen molar-refractivity contribution in [3.05, 3.63) is 11.8 Å². The third-order valence-electron chi connectivity index (χ3n) is 2.51. The number of Topliss-reactive ketones (excluding diaryl/α,β-unsaturated/α-hetero) is 1. The van der Waals surface area contributed by atoms with E-state index in [0.29, 0.717) is 44.3 Å². The summed E-state index contributed by atoms with van der Waals surface area (Å²) in [6, 6.07) is 0. The minimum Gasteiger partial charge on any atom is -0.878 e. The van der Waals surface area contributed by atoms with Crippen molar-refractivity contribution in [1.29, 1.82) is 0 Å². The van der Waals surface area contributed by atoms with Crippen LogP contribution in [0.15, 0.2) is 11.8 Å². The SMILES string of the molecule is O=C1CCC2(C/C1=C/[O-])OCCO2.[Na+]. The van der Waals surface area contributed by atoms with Gasteiger partial charge < -0.3 is 14.6 Å². The van der Waals surface area contributed by atoms with Crippen LogP contribution >= 0.6 is 0 Å². The van der Waals surface area contributed by atoms with Crippen molar-refractivity contribution in [2.45, 2.75) is 25.0 Å². The van der Waals surface area contributed by atoms with E-state index in [9.17, 15) is 9.90 Å². The first kappa shape index (κ1) is 12.2. The topological polar surface area (TPSA) is 58.6 Å². The van der Waals surface area contributed by atoms with E-state index >= 15 is 0 Å². The maximum Gasteiger partial charge on any atom is 1.00 e. The maximum absolute atomic E-state index is 11.2. The van der Waals surface area contributed by atoms with E-state index in [2.05, 4.69) is 0 Å². The molecule has 14 heavy (non-hydrogen) atoms. The van der Waals surface area contributed by atoms with Crippen LogP contribution in [-0.4, -0.2) is 24.8 Å².